The van der Waals surface area contributed by atoms with Gasteiger partial charge in [0, 0.05) is 10.0 Å². The average Bonchev–Trinajstić information content (AvgIpc) is 2.38. The summed E-state index contributed by atoms with van der Waals surface area (Å²) in [5.41, 5.74) is 1.02. The standard InChI is InChI=1S/C15H21BrO4/c1-10-7-13(11(9-17)8-12(10)16)20-6-4-5-15(2,3)14(18)19/h7-8,17H,4-6,9H2,1-3H3,(H,18,19). The first kappa shape index (κ1) is 17.0. The van der Waals surface area contributed by atoms with Gasteiger partial charge in [0.2, 0.25) is 0 Å². The quantitative estimate of drug-likeness (QED) is 0.742. The van der Waals surface area contributed by atoms with Gasteiger partial charge in [-0.3, -0.25) is 4.79 Å². The molecule has 4 nitrogen and oxygen atoms in total. The highest BCUT2D eigenvalue weighted by atomic mass is 79.9. The lowest BCUT2D eigenvalue weighted by molar-refractivity contribution is -0.147. The van der Waals surface area contributed by atoms with Crippen LogP contribution < -0.4 is 4.74 Å². The molecule has 0 aliphatic rings. The number of rotatable bonds is 7. The van der Waals surface area contributed by atoms with Gasteiger partial charge in [0.25, 0.3) is 0 Å². The molecule has 0 radical (unpaired) electrons. The van der Waals surface area contributed by atoms with E-state index in [0.717, 1.165) is 15.6 Å². The average molecular weight is 345 g/mol. The lowest BCUT2D eigenvalue weighted by atomic mass is 9.88. The van der Waals surface area contributed by atoms with E-state index in [9.17, 15) is 9.90 Å². The molecule has 0 bridgehead atoms. The van der Waals surface area contributed by atoms with Crippen molar-refractivity contribution < 1.29 is 19.7 Å². The van der Waals surface area contributed by atoms with Gasteiger partial charge < -0.3 is 14.9 Å². The van der Waals surface area contributed by atoms with Gasteiger partial charge in [0.05, 0.1) is 18.6 Å². The number of aliphatic carboxylic acids is 1. The van der Waals surface area contributed by atoms with Crippen LogP contribution in [0.3, 0.4) is 0 Å². The number of aliphatic hydroxyl groups is 1. The van der Waals surface area contributed by atoms with E-state index >= 15 is 0 Å². The third-order valence-corrected chi connectivity index (χ3v) is 4.15. The van der Waals surface area contributed by atoms with E-state index in [1.807, 2.05) is 19.1 Å². The number of carbonyl (C=O) groups is 1. The number of hydrogen-bond donors (Lipinski definition) is 2. The van der Waals surface area contributed by atoms with Gasteiger partial charge in [-0.2, -0.15) is 0 Å². The molecule has 1 rings (SSSR count). The SMILES string of the molecule is Cc1cc(OCCCC(C)(C)C(=O)O)c(CO)cc1Br. The maximum Gasteiger partial charge on any atom is 0.309 e. The number of ether oxygens (including phenoxy) is 1. The van der Waals surface area contributed by atoms with Gasteiger partial charge in [-0.1, -0.05) is 15.9 Å². The number of halogens is 1. The highest BCUT2D eigenvalue weighted by molar-refractivity contribution is 9.10. The fourth-order valence-corrected chi connectivity index (χ4v) is 2.15. The molecule has 0 spiro atoms. The first-order valence-electron chi connectivity index (χ1n) is 6.54. The molecule has 0 aliphatic heterocycles. The van der Waals surface area contributed by atoms with Crippen LogP contribution >= 0.6 is 15.9 Å². The Morgan fingerprint density at radius 2 is 2.05 bits per heavy atom. The van der Waals surface area contributed by atoms with E-state index in [0.29, 0.717) is 25.2 Å². The first-order chi connectivity index (χ1) is 9.27. The van der Waals surface area contributed by atoms with Crippen LogP contribution in [0.5, 0.6) is 5.75 Å². The Kier molecular flexibility index (Phi) is 6.02. The Bertz CT molecular complexity index is 483. The molecule has 2 N–H and O–H groups in total. The molecule has 1 aromatic carbocycles. The second-order valence-electron chi connectivity index (χ2n) is 5.51. The molecule has 112 valence electrons. The highest BCUT2D eigenvalue weighted by Crippen LogP contribution is 2.28. The third kappa shape index (κ3) is 4.49. The lowest BCUT2D eigenvalue weighted by Crippen LogP contribution is -2.24. The summed E-state index contributed by atoms with van der Waals surface area (Å²) in [7, 11) is 0. The zero-order valence-corrected chi connectivity index (χ0v) is 13.7. The van der Waals surface area contributed by atoms with E-state index < -0.39 is 11.4 Å². The van der Waals surface area contributed by atoms with Crippen molar-refractivity contribution in [2.24, 2.45) is 5.41 Å². The molecule has 0 heterocycles. The van der Waals surface area contributed by atoms with Crippen LogP contribution in [0, 0.1) is 12.3 Å². The monoisotopic (exact) mass is 344 g/mol. The summed E-state index contributed by atoms with van der Waals surface area (Å²) in [6.07, 6.45) is 1.20. The molecular formula is C15H21BrO4. The Balaban J connectivity index is 2.58. The van der Waals surface area contributed by atoms with Crippen molar-refractivity contribution >= 4 is 21.9 Å². The van der Waals surface area contributed by atoms with E-state index in [1.165, 1.54) is 0 Å². The normalized spacial score (nSPS) is 11.4. The van der Waals surface area contributed by atoms with Crippen molar-refractivity contribution in [2.75, 3.05) is 6.61 Å². The lowest BCUT2D eigenvalue weighted by Gasteiger charge is -2.19. The Morgan fingerprint density at radius 1 is 1.40 bits per heavy atom. The largest absolute Gasteiger partial charge is 0.493 e. The van der Waals surface area contributed by atoms with E-state index in [-0.39, 0.29) is 6.61 Å². The van der Waals surface area contributed by atoms with E-state index in [4.69, 9.17) is 9.84 Å². The molecule has 20 heavy (non-hydrogen) atoms. The second-order valence-corrected chi connectivity index (χ2v) is 6.36. The molecule has 0 amide bonds. The number of benzene rings is 1. The Labute approximate surface area is 127 Å². The summed E-state index contributed by atoms with van der Waals surface area (Å²) in [5.74, 6) is -0.144. The predicted molar refractivity (Wildman–Crippen MR) is 80.9 cm³/mol. The van der Waals surface area contributed by atoms with Crippen LogP contribution in [0.25, 0.3) is 0 Å². The summed E-state index contributed by atoms with van der Waals surface area (Å²) < 4.78 is 6.60. The summed E-state index contributed by atoms with van der Waals surface area (Å²) in [5, 5.41) is 18.3. The van der Waals surface area contributed by atoms with E-state index in [2.05, 4.69) is 15.9 Å². The number of aryl methyl sites for hydroxylation is 1. The van der Waals surface area contributed by atoms with Crippen molar-refractivity contribution in [3.05, 3.63) is 27.7 Å². The molecular weight excluding hydrogens is 324 g/mol. The number of aliphatic hydroxyl groups excluding tert-OH is 1. The van der Waals surface area contributed by atoms with Crippen molar-refractivity contribution in [3.63, 3.8) is 0 Å². The maximum absolute atomic E-state index is 11.0. The van der Waals surface area contributed by atoms with Crippen LogP contribution in [0.2, 0.25) is 0 Å². The maximum atomic E-state index is 11.0. The third-order valence-electron chi connectivity index (χ3n) is 3.29. The minimum atomic E-state index is -0.798. The van der Waals surface area contributed by atoms with Crippen molar-refractivity contribution in [1.82, 2.24) is 0 Å². The zero-order valence-electron chi connectivity index (χ0n) is 12.1. The molecule has 0 atom stereocenters. The molecule has 1 aromatic rings. The fraction of sp³-hybridized carbons (Fsp3) is 0.533. The van der Waals surface area contributed by atoms with Crippen molar-refractivity contribution in [3.8, 4) is 5.75 Å². The molecule has 0 aromatic heterocycles. The minimum Gasteiger partial charge on any atom is -0.493 e. The van der Waals surface area contributed by atoms with Gasteiger partial charge in [-0.05, 0) is 51.3 Å². The van der Waals surface area contributed by atoms with Gasteiger partial charge >= 0.3 is 5.97 Å². The van der Waals surface area contributed by atoms with Crippen LogP contribution in [-0.2, 0) is 11.4 Å². The topological polar surface area (TPSA) is 66.8 Å². The van der Waals surface area contributed by atoms with Gasteiger partial charge in [0.1, 0.15) is 5.75 Å². The molecule has 5 heteroatoms. The van der Waals surface area contributed by atoms with Crippen molar-refractivity contribution in [2.45, 2.75) is 40.2 Å². The summed E-state index contributed by atoms with van der Waals surface area (Å²) in [6.45, 7) is 5.71. The van der Waals surface area contributed by atoms with Gasteiger partial charge in [-0.25, -0.2) is 0 Å². The zero-order chi connectivity index (χ0) is 15.3. The van der Waals surface area contributed by atoms with E-state index in [1.54, 1.807) is 13.8 Å². The van der Waals surface area contributed by atoms with Crippen molar-refractivity contribution in [1.29, 1.82) is 0 Å². The van der Waals surface area contributed by atoms with Crippen LogP contribution in [0.4, 0.5) is 0 Å². The second kappa shape index (κ2) is 7.09. The number of hydrogen-bond acceptors (Lipinski definition) is 3. The van der Waals surface area contributed by atoms with Crippen LogP contribution in [-0.4, -0.2) is 22.8 Å². The summed E-state index contributed by atoms with van der Waals surface area (Å²) in [4.78, 5) is 11.0. The molecule has 0 aliphatic carbocycles. The molecule has 0 saturated heterocycles. The summed E-state index contributed by atoms with van der Waals surface area (Å²) >= 11 is 3.41. The minimum absolute atomic E-state index is 0.0885. The number of carboxylic acid groups (broad SMARTS) is 1. The van der Waals surface area contributed by atoms with Crippen LogP contribution in [0.1, 0.15) is 37.8 Å². The van der Waals surface area contributed by atoms with Gasteiger partial charge in [-0.15, -0.1) is 0 Å². The Hall–Kier alpha value is -1.07. The summed E-state index contributed by atoms with van der Waals surface area (Å²) in [6, 6.07) is 3.71. The predicted octanol–water partition coefficient (Wildman–Crippen LogP) is 3.52. The fourth-order valence-electron chi connectivity index (χ4n) is 1.76. The Morgan fingerprint density at radius 3 is 2.60 bits per heavy atom. The van der Waals surface area contributed by atoms with Crippen LogP contribution in [0.15, 0.2) is 16.6 Å². The molecule has 0 saturated carbocycles. The number of carboxylic acids is 1. The highest BCUT2D eigenvalue weighted by Gasteiger charge is 2.26. The molecule has 0 unspecified atom stereocenters. The first-order valence-corrected chi connectivity index (χ1v) is 7.33. The van der Waals surface area contributed by atoms with Gasteiger partial charge in [0.15, 0.2) is 0 Å². The smallest absolute Gasteiger partial charge is 0.309 e. The molecule has 0 fully saturated rings.